The summed E-state index contributed by atoms with van der Waals surface area (Å²) in [5, 5.41) is 18.5. The molecule has 4 heteroatoms. The number of ether oxygens (including phenoxy) is 1. The molecule has 0 radical (unpaired) electrons. The van der Waals surface area contributed by atoms with Crippen LogP contribution in [0.3, 0.4) is 0 Å². The molecule has 92 valence electrons. The van der Waals surface area contributed by atoms with Gasteiger partial charge in [0.1, 0.15) is 0 Å². The SMILES string of the molecule is Cc1ccc(C(C#N)OC(C)C(C)O)c(Br)c1. The summed E-state index contributed by atoms with van der Waals surface area (Å²) < 4.78 is 6.38. The van der Waals surface area contributed by atoms with Crippen molar-refractivity contribution >= 4 is 15.9 Å². The van der Waals surface area contributed by atoms with Crippen molar-refractivity contribution in [3.05, 3.63) is 33.8 Å². The molecule has 0 amide bonds. The minimum atomic E-state index is -0.672. The Morgan fingerprint density at radius 3 is 2.53 bits per heavy atom. The molecule has 3 unspecified atom stereocenters. The molecule has 0 aliphatic carbocycles. The first kappa shape index (κ1) is 14.2. The lowest BCUT2D eigenvalue weighted by Crippen LogP contribution is -2.24. The van der Waals surface area contributed by atoms with Gasteiger partial charge in [-0.05, 0) is 32.4 Å². The largest absolute Gasteiger partial charge is 0.391 e. The fourth-order valence-corrected chi connectivity index (χ4v) is 2.05. The van der Waals surface area contributed by atoms with Gasteiger partial charge in [0, 0.05) is 10.0 Å². The van der Waals surface area contributed by atoms with E-state index in [9.17, 15) is 5.11 Å². The summed E-state index contributed by atoms with van der Waals surface area (Å²) >= 11 is 3.42. The number of nitriles is 1. The predicted molar refractivity (Wildman–Crippen MR) is 69.5 cm³/mol. The summed E-state index contributed by atoms with van der Waals surface area (Å²) in [6.07, 6.45) is -1.66. The first-order valence-electron chi connectivity index (χ1n) is 5.45. The zero-order valence-corrected chi connectivity index (χ0v) is 11.7. The van der Waals surface area contributed by atoms with Gasteiger partial charge in [0.05, 0.1) is 18.3 Å². The molecule has 1 aromatic carbocycles. The quantitative estimate of drug-likeness (QED) is 0.929. The number of aliphatic hydroxyl groups excluding tert-OH is 1. The molecule has 1 N–H and O–H groups in total. The van der Waals surface area contributed by atoms with E-state index in [1.165, 1.54) is 0 Å². The Labute approximate surface area is 110 Å². The van der Waals surface area contributed by atoms with Crippen LogP contribution in [0.2, 0.25) is 0 Å². The Morgan fingerprint density at radius 1 is 1.41 bits per heavy atom. The molecule has 0 bridgehead atoms. The molecule has 0 heterocycles. The van der Waals surface area contributed by atoms with Gasteiger partial charge in [-0.25, -0.2) is 0 Å². The van der Waals surface area contributed by atoms with Gasteiger partial charge in [-0.3, -0.25) is 0 Å². The van der Waals surface area contributed by atoms with Crippen LogP contribution in [0.5, 0.6) is 0 Å². The molecule has 0 saturated heterocycles. The lowest BCUT2D eigenvalue weighted by atomic mass is 10.1. The second kappa shape index (κ2) is 6.15. The highest BCUT2D eigenvalue weighted by Gasteiger charge is 2.20. The van der Waals surface area contributed by atoms with E-state index in [1.807, 2.05) is 25.1 Å². The molecule has 1 rings (SSSR count). The van der Waals surface area contributed by atoms with Crippen LogP contribution < -0.4 is 0 Å². The molecule has 0 aliphatic heterocycles. The summed E-state index contributed by atoms with van der Waals surface area (Å²) in [5.41, 5.74) is 1.89. The van der Waals surface area contributed by atoms with E-state index in [1.54, 1.807) is 13.8 Å². The smallest absolute Gasteiger partial charge is 0.170 e. The molecule has 17 heavy (non-hydrogen) atoms. The molecular formula is C13H16BrNO2. The number of aryl methyl sites for hydroxylation is 1. The van der Waals surface area contributed by atoms with E-state index < -0.39 is 12.2 Å². The minimum Gasteiger partial charge on any atom is -0.391 e. The number of hydrogen-bond donors (Lipinski definition) is 1. The van der Waals surface area contributed by atoms with Crippen LogP contribution in [0, 0.1) is 18.3 Å². The third kappa shape index (κ3) is 3.81. The predicted octanol–water partition coefficient (Wildman–Crippen LogP) is 3.11. The number of aliphatic hydroxyl groups is 1. The van der Waals surface area contributed by atoms with Crippen LogP contribution in [0.4, 0.5) is 0 Å². The molecule has 0 spiro atoms. The van der Waals surface area contributed by atoms with Crippen LogP contribution in [0.1, 0.15) is 31.1 Å². The number of rotatable bonds is 4. The minimum absolute atomic E-state index is 0.382. The van der Waals surface area contributed by atoms with Crippen molar-refractivity contribution < 1.29 is 9.84 Å². The number of benzene rings is 1. The van der Waals surface area contributed by atoms with Gasteiger partial charge in [-0.15, -0.1) is 0 Å². The van der Waals surface area contributed by atoms with Gasteiger partial charge < -0.3 is 9.84 Å². The summed E-state index contributed by atoms with van der Waals surface area (Å²) in [6, 6.07) is 7.84. The van der Waals surface area contributed by atoms with Gasteiger partial charge in [0.2, 0.25) is 0 Å². The van der Waals surface area contributed by atoms with Crippen molar-refractivity contribution in [2.24, 2.45) is 0 Å². The average molecular weight is 298 g/mol. The van der Waals surface area contributed by atoms with Crippen LogP contribution in [0.15, 0.2) is 22.7 Å². The van der Waals surface area contributed by atoms with E-state index in [0.717, 1.165) is 15.6 Å². The van der Waals surface area contributed by atoms with Crippen LogP contribution in [0.25, 0.3) is 0 Å². The van der Waals surface area contributed by atoms with Crippen molar-refractivity contribution in [3.63, 3.8) is 0 Å². The standard InChI is InChI=1S/C13H16BrNO2/c1-8-4-5-11(12(14)6-8)13(7-15)17-10(3)9(2)16/h4-6,9-10,13,16H,1-3H3. The summed E-state index contributed by atoms with van der Waals surface area (Å²) in [4.78, 5) is 0. The monoisotopic (exact) mass is 297 g/mol. The van der Waals surface area contributed by atoms with Crippen molar-refractivity contribution in [1.29, 1.82) is 5.26 Å². The van der Waals surface area contributed by atoms with Crippen molar-refractivity contribution in [3.8, 4) is 6.07 Å². The van der Waals surface area contributed by atoms with Gasteiger partial charge in [-0.2, -0.15) is 5.26 Å². The number of halogens is 1. The van der Waals surface area contributed by atoms with Crippen LogP contribution >= 0.6 is 15.9 Å². The molecule has 1 aromatic rings. The van der Waals surface area contributed by atoms with Crippen LogP contribution in [-0.2, 0) is 4.74 Å². The van der Waals surface area contributed by atoms with Crippen LogP contribution in [-0.4, -0.2) is 17.3 Å². The van der Waals surface area contributed by atoms with E-state index in [2.05, 4.69) is 22.0 Å². The Balaban J connectivity index is 2.91. The van der Waals surface area contributed by atoms with E-state index >= 15 is 0 Å². The topological polar surface area (TPSA) is 53.2 Å². The lowest BCUT2D eigenvalue weighted by Gasteiger charge is -2.20. The maximum Gasteiger partial charge on any atom is 0.170 e. The lowest BCUT2D eigenvalue weighted by molar-refractivity contribution is -0.0428. The molecular weight excluding hydrogens is 282 g/mol. The first-order chi connectivity index (χ1) is 7.95. The molecule has 3 nitrogen and oxygen atoms in total. The highest BCUT2D eigenvalue weighted by atomic mass is 79.9. The summed E-state index contributed by atoms with van der Waals surface area (Å²) in [7, 11) is 0. The van der Waals surface area contributed by atoms with E-state index in [4.69, 9.17) is 10.00 Å². The summed E-state index contributed by atoms with van der Waals surface area (Å²) in [6.45, 7) is 5.37. The fourth-order valence-electron chi connectivity index (χ4n) is 1.35. The normalized spacial score (nSPS) is 16.0. The van der Waals surface area contributed by atoms with Gasteiger partial charge in [0.25, 0.3) is 0 Å². The molecule has 0 aliphatic rings. The second-order valence-corrected chi connectivity index (χ2v) is 4.97. The molecule has 0 aromatic heterocycles. The third-order valence-electron chi connectivity index (χ3n) is 2.59. The van der Waals surface area contributed by atoms with E-state index in [-0.39, 0.29) is 6.10 Å². The van der Waals surface area contributed by atoms with Crippen molar-refractivity contribution in [2.75, 3.05) is 0 Å². The third-order valence-corrected chi connectivity index (χ3v) is 3.27. The maximum absolute atomic E-state index is 9.38. The second-order valence-electron chi connectivity index (χ2n) is 4.12. The van der Waals surface area contributed by atoms with Gasteiger partial charge >= 0.3 is 0 Å². The Bertz CT molecular complexity index is 426. The van der Waals surface area contributed by atoms with Gasteiger partial charge in [-0.1, -0.05) is 28.1 Å². The van der Waals surface area contributed by atoms with Crippen molar-refractivity contribution in [2.45, 2.75) is 39.1 Å². The highest BCUT2D eigenvalue weighted by Crippen LogP contribution is 2.28. The molecule has 0 fully saturated rings. The Kier molecular flexibility index (Phi) is 5.13. The van der Waals surface area contributed by atoms with Gasteiger partial charge in [0.15, 0.2) is 6.10 Å². The van der Waals surface area contributed by atoms with Crippen molar-refractivity contribution in [1.82, 2.24) is 0 Å². The maximum atomic E-state index is 9.38. The molecule has 0 saturated carbocycles. The first-order valence-corrected chi connectivity index (χ1v) is 6.24. The number of nitrogens with zero attached hydrogens (tertiary/aromatic N) is 1. The Morgan fingerprint density at radius 2 is 2.06 bits per heavy atom. The van der Waals surface area contributed by atoms with E-state index in [0.29, 0.717) is 0 Å². The zero-order valence-electron chi connectivity index (χ0n) is 10.1. The molecule has 3 atom stereocenters. The number of hydrogen-bond acceptors (Lipinski definition) is 3. The Hall–Kier alpha value is -0.890. The highest BCUT2D eigenvalue weighted by molar-refractivity contribution is 9.10. The average Bonchev–Trinajstić information content (AvgIpc) is 2.26. The zero-order chi connectivity index (χ0) is 13.0. The summed E-state index contributed by atoms with van der Waals surface area (Å²) in [5.74, 6) is 0. The fraction of sp³-hybridized carbons (Fsp3) is 0.462.